The van der Waals surface area contributed by atoms with E-state index in [0.717, 1.165) is 22.2 Å². The van der Waals surface area contributed by atoms with Gasteiger partial charge in [-0.3, -0.25) is 0 Å². The van der Waals surface area contributed by atoms with Crippen LogP contribution in [0.3, 0.4) is 0 Å². The summed E-state index contributed by atoms with van der Waals surface area (Å²) in [5.74, 6) is -0.337. The van der Waals surface area contributed by atoms with E-state index in [1.807, 2.05) is 6.92 Å². The van der Waals surface area contributed by atoms with Crippen molar-refractivity contribution in [3.8, 4) is 0 Å². The number of nitrogens with two attached hydrogens (primary N) is 1. The maximum absolute atomic E-state index is 13.1. The summed E-state index contributed by atoms with van der Waals surface area (Å²) in [6.07, 6.45) is 0. The van der Waals surface area contributed by atoms with Crippen molar-refractivity contribution in [2.45, 2.75) is 13.5 Å². The lowest BCUT2D eigenvalue weighted by atomic mass is 10.1. The van der Waals surface area contributed by atoms with Crippen LogP contribution in [0.4, 0.5) is 4.39 Å². The number of rotatable bonds is 1. The van der Waals surface area contributed by atoms with Gasteiger partial charge >= 0.3 is 0 Å². The molecule has 0 bridgehead atoms. The van der Waals surface area contributed by atoms with E-state index in [4.69, 9.17) is 17.3 Å². The van der Waals surface area contributed by atoms with Crippen molar-refractivity contribution in [1.29, 1.82) is 0 Å². The van der Waals surface area contributed by atoms with E-state index >= 15 is 0 Å². The van der Waals surface area contributed by atoms with Crippen LogP contribution in [-0.4, -0.2) is 4.98 Å². The summed E-state index contributed by atoms with van der Waals surface area (Å²) >= 11 is 5.89. The second-order valence-corrected chi connectivity index (χ2v) is 3.65. The summed E-state index contributed by atoms with van der Waals surface area (Å²) in [7, 11) is 0. The lowest BCUT2D eigenvalue weighted by Crippen LogP contribution is -1.96. The lowest BCUT2D eigenvalue weighted by molar-refractivity contribution is 0.629. The summed E-state index contributed by atoms with van der Waals surface area (Å²) < 4.78 is 13.1. The Morgan fingerprint density at radius 3 is 2.86 bits per heavy atom. The number of aromatic nitrogens is 1. The fraction of sp³-hybridized carbons (Fsp3) is 0.200. The van der Waals surface area contributed by atoms with Gasteiger partial charge in [-0.05, 0) is 24.6 Å². The molecule has 0 saturated carbocycles. The Kier molecular flexibility index (Phi) is 2.21. The number of halogens is 2. The van der Waals surface area contributed by atoms with E-state index in [-0.39, 0.29) is 5.82 Å². The summed E-state index contributed by atoms with van der Waals surface area (Å²) in [4.78, 5) is 3.09. The summed E-state index contributed by atoms with van der Waals surface area (Å²) in [6, 6.07) is 2.74. The highest BCUT2D eigenvalue weighted by molar-refractivity contribution is 6.35. The minimum atomic E-state index is -0.337. The number of nitrogens with one attached hydrogen (secondary N) is 1. The van der Waals surface area contributed by atoms with Gasteiger partial charge in [-0.1, -0.05) is 11.6 Å². The molecule has 0 radical (unpaired) electrons. The molecule has 0 aliphatic rings. The zero-order valence-electron chi connectivity index (χ0n) is 7.70. The Hall–Kier alpha value is -1.06. The molecule has 0 spiro atoms. The van der Waals surface area contributed by atoms with Crippen LogP contribution >= 0.6 is 11.6 Å². The topological polar surface area (TPSA) is 41.8 Å². The average Bonchev–Trinajstić information content (AvgIpc) is 2.41. The van der Waals surface area contributed by atoms with Crippen LogP contribution in [0.1, 0.15) is 11.3 Å². The van der Waals surface area contributed by atoms with Crippen molar-refractivity contribution in [2.24, 2.45) is 5.73 Å². The van der Waals surface area contributed by atoms with E-state index in [9.17, 15) is 4.39 Å². The third-order valence-corrected chi connectivity index (χ3v) is 2.65. The molecule has 0 amide bonds. The number of H-pyrrole nitrogens is 1. The molecule has 4 heteroatoms. The van der Waals surface area contributed by atoms with Crippen LogP contribution in [0.25, 0.3) is 10.9 Å². The maximum atomic E-state index is 13.1. The largest absolute Gasteiger partial charge is 0.357 e. The zero-order chi connectivity index (χ0) is 10.3. The number of hydrogen-bond acceptors (Lipinski definition) is 1. The molecule has 3 N–H and O–H groups in total. The summed E-state index contributed by atoms with van der Waals surface area (Å²) in [5, 5.41) is 1.16. The Morgan fingerprint density at radius 1 is 1.50 bits per heavy atom. The minimum Gasteiger partial charge on any atom is -0.357 e. The molecule has 0 unspecified atom stereocenters. The van der Waals surface area contributed by atoms with Gasteiger partial charge < -0.3 is 10.7 Å². The van der Waals surface area contributed by atoms with E-state index in [2.05, 4.69) is 4.98 Å². The quantitative estimate of drug-likeness (QED) is 0.750. The van der Waals surface area contributed by atoms with Crippen molar-refractivity contribution in [1.82, 2.24) is 4.98 Å². The molecule has 2 aromatic rings. The van der Waals surface area contributed by atoms with Crippen LogP contribution in [0, 0.1) is 12.7 Å². The molecule has 0 fully saturated rings. The van der Waals surface area contributed by atoms with Crippen LogP contribution < -0.4 is 5.73 Å². The van der Waals surface area contributed by atoms with Gasteiger partial charge in [-0.15, -0.1) is 0 Å². The van der Waals surface area contributed by atoms with Gasteiger partial charge in [-0.25, -0.2) is 4.39 Å². The maximum Gasteiger partial charge on any atom is 0.125 e. The molecule has 0 saturated heterocycles. The van der Waals surface area contributed by atoms with Gasteiger partial charge in [0.05, 0.1) is 10.5 Å². The van der Waals surface area contributed by atoms with Crippen LogP contribution in [0.5, 0.6) is 0 Å². The van der Waals surface area contributed by atoms with Crippen LogP contribution in [0.2, 0.25) is 5.02 Å². The second-order valence-electron chi connectivity index (χ2n) is 3.24. The van der Waals surface area contributed by atoms with Crippen molar-refractivity contribution in [3.05, 3.63) is 34.2 Å². The van der Waals surface area contributed by atoms with E-state index in [0.29, 0.717) is 11.6 Å². The third-order valence-electron chi connectivity index (χ3n) is 2.35. The van der Waals surface area contributed by atoms with Crippen molar-refractivity contribution < 1.29 is 4.39 Å². The van der Waals surface area contributed by atoms with Gasteiger partial charge in [-0.2, -0.15) is 0 Å². The average molecular weight is 213 g/mol. The molecule has 2 nitrogen and oxygen atoms in total. The highest BCUT2D eigenvalue weighted by atomic mass is 35.5. The van der Waals surface area contributed by atoms with E-state index < -0.39 is 0 Å². The number of aryl methyl sites for hydroxylation is 1. The van der Waals surface area contributed by atoms with Gasteiger partial charge in [0.2, 0.25) is 0 Å². The van der Waals surface area contributed by atoms with Gasteiger partial charge in [0.25, 0.3) is 0 Å². The molecule has 1 heterocycles. The first-order valence-electron chi connectivity index (χ1n) is 4.29. The molecule has 0 atom stereocenters. The molecular weight excluding hydrogens is 203 g/mol. The summed E-state index contributed by atoms with van der Waals surface area (Å²) in [5.41, 5.74) is 8.19. The second kappa shape index (κ2) is 3.26. The first kappa shape index (κ1) is 9.49. The normalized spacial score (nSPS) is 11.1. The van der Waals surface area contributed by atoms with Crippen molar-refractivity contribution >= 4 is 22.5 Å². The lowest BCUT2D eigenvalue weighted by Gasteiger charge is -1.97. The van der Waals surface area contributed by atoms with Crippen molar-refractivity contribution in [3.63, 3.8) is 0 Å². The van der Waals surface area contributed by atoms with E-state index in [1.165, 1.54) is 12.1 Å². The highest BCUT2D eigenvalue weighted by Gasteiger charge is 2.10. The third kappa shape index (κ3) is 1.29. The Labute approximate surface area is 85.9 Å². The molecule has 74 valence electrons. The zero-order valence-corrected chi connectivity index (χ0v) is 8.45. The molecule has 1 aromatic carbocycles. The number of fused-ring (bicyclic) bond motifs is 1. The monoisotopic (exact) mass is 212 g/mol. The Bertz CT molecular complexity index is 490. The van der Waals surface area contributed by atoms with E-state index in [1.54, 1.807) is 0 Å². The fourth-order valence-corrected chi connectivity index (χ4v) is 1.92. The molecule has 0 aliphatic heterocycles. The Balaban J connectivity index is 2.87. The highest BCUT2D eigenvalue weighted by Crippen LogP contribution is 2.28. The number of benzene rings is 1. The SMILES string of the molecule is Cc1[nH]c2c(Cl)cc(F)cc2c1CN. The number of hydrogen-bond donors (Lipinski definition) is 2. The van der Waals surface area contributed by atoms with Crippen LogP contribution in [-0.2, 0) is 6.54 Å². The molecule has 0 aliphatic carbocycles. The fourth-order valence-electron chi connectivity index (χ4n) is 1.67. The predicted octanol–water partition coefficient (Wildman–Crippen LogP) is 2.73. The van der Waals surface area contributed by atoms with Gasteiger partial charge in [0.15, 0.2) is 0 Å². The Morgan fingerprint density at radius 2 is 2.21 bits per heavy atom. The smallest absolute Gasteiger partial charge is 0.125 e. The number of aromatic amines is 1. The van der Waals surface area contributed by atoms with Crippen LogP contribution in [0.15, 0.2) is 12.1 Å². The predicted molar refractivity (Wildman–Crippen MR) is 55.9 cm³/mol. The first-order chi connectivity index (χ1) is 6.63. The molecule has 2 rings (SSSR count). The minimum absolute atomic E-state index is 0.337. The molecule has 14 heavy (non-hydrogen) atoms. The standard InChI is InChI=1S/C10H10ClFN2/c1-5-8(4-13)7-2-6(12)3-9(11)10(7)14-5/h2-3,14H,4,13H2,1H3. The molecular formula is C10H10ClFN2. The van der Waals surface area contributed by atoms with Gasteiger partial charge in [0, 0.05) is 17.6 Å². The van der Waals surface area contributed by atoms with Crippen molar-refractivity contribution in [2.75, 3.05) is 0 Å². The molecule has 1 aromatic heterocycles. The first-order valence-corrected chi connectivity index (χ1v) is 4.67. The summed E-state index contributed by atoms with van der Waals surface area (Å²) in [6.45, 7) is 2.28. The van der Waals surface area contributed by atoms with Gasteiger partial charge in [0.1, 0.15) is 5.82 Å².